The van der Waals surface area contributed by atoms with Crippen LogP contribution in [0.3, 0.4) is 0 Å². The highest BCUT2D eigenvalue weighted by molar-refractivity contribution is 7.80. The summed E-state index contributed by atoms with van der Waals surface area (Å²) >= 11 is 7.83. The Morgan fingerprint density at radius 1 is 0.733 bits per heavy atom. The predicted molar refractivity (Wildman–Crippen MR) is 108 cm³/mol. The molecular formula is C15H24N4O9S2. The second kappa shape index (κ2) is 13.7. The summed E-state index contributed by atoms with van der Waals surface area (Å²) < 4.78 is 0. The van der Waals surface area contributed by atoms with Crippen LogP contribution in [0.5, 0.6) is 0 Å². The SMILES string of the molecule is NC(CCC(=O)O)C(=O)NC(CS)C(=O)NC(CS)C(=O)NC(CC(=O)O)C(=O)O. The normalized spacial score (nSPS) is 14.5. The van der Waals surface area contributed by atoms with E-state index in [4.69, 9.17) is 21.1 Å². The Labute approximate surface area is 181 Å². The van der Waals surface area contributed by atoms with Gasteiger partial charge in [-0.3, -0.25) is 24.0 Å². The number of carboxylic acids is 3. The summed E-state index contributed by atoms with van der Waals surface area (Å²) in [6.45, 7) is 0. The molecule has 13 nitrogen and oxygen atoms in total. The first-order chi connectivity index (χ1) is 13.9. The number of aliphatic carboxylic acids is 3. The van der Waals surface area contributed by atoms with Gasteiger partial charge >= 0.3 is 17.9 Å². The van der Waals surface area contributed by atoms with Crippen LogP contribution in [0.4, 0.5) is 0 Å². The maximum atomic E-state index is 12.3. The molecule has 0 spiro atoms. The molecular weight excluding hydrogens is 444 g/mol. The lowest BCUT2D eigenvalue weighted by molar-refractivity contribution is -0.147. The molecule has 4 unspecified atom stereocenters. The smallest absolute Gasteiger partial charge is 0.326 e. The molecule has 0 saturated heterocycles. The number of amides is 3. The van der Waals surface area contributed by atoms with Gasteiger partial charge in [0, 0.05) is 17.9 Å². The highest BCUT2D eigenvalue weighted by Gasteiger charge is 2.30. The molecule has 0 saturated carbocycles. The average molecular weight is 469 g/mol. The minimum atomic E-state index is -1.72. The summed E-state index contributed by atoms with van der Waals surface area (Å²) in [7, 11) is 0. The fraction of sp³-hybridized carbons (Fsp3) is 0.600. The summed E-state index contributed by atoms with van der Waals surface area (Å²) in [6.07, 6.45) is -1.39. The first kappa shape index (κ1) is 27.5. The fourth-order valence-electron chi connectivity index (χ4n) is 2.00. The van der Waals surface area contributed by atoms with Gasteiger partial charge < -0.3 is 37.0 Å². The van der Waals surface area contributed by atoms with Crippen LogP contribution in [0.25, 0.3) is 0 Å². The molecule has 0 aromatic rings. The van der Waals surface area contributed by atoms with Crippen molar-refractivity contribution in [1.29, 1.82) is 0 Å². The molecule has 0 radical (unpaired) electrons. The van der Waals surface area contributed by atoms with E-state index in [1.807, 2.05) is 5.32 Å². The van der Waals surface area contributed by atoms with Crippen LogP contribution in [0.15, 0.2) is 0 Å². The van der Waals surface area contributed by atoms with Crippen molar-refractivity contribution in [3.05, 3.63) is 0 Å². The zero-order valence-corrected chi connectivity index (χ0v) is 17.4. The maximum absolute atomic E-state index is 12.3. The molecule has 0 aliphatic heterocycles. The van der Waals surface area contributed by atoms with Gasteiger partial charge in [0.05, 0.1) is 12.5 Å². The predicted octanol–water partition coefficient (Wildman–Crippen LogP) is -2.95. The molecule has 15 heteroatoms. The van der Waals surface area contributed by atoms with E-state index in [-0.39, 0.29) is 24.3 Å². The number of thiol groups is 2. The summed E-state index contributed by atoms with van der Waals surface area (Å²) in [5.74, 6) is -7.28. The molecule has 3 amide bonds. The van der Waals surface area contributed by atoms with Crippen LogP contribution in [0.1, 0.15) is 19.3 Å². The van der Waals surface area contributed by atoms with E-state index in [0.29, 0.717) is 0 Å². The molecule has 0 aromatic heterocycles. The quantitative estimate of drug-likeness (QED) is 0.118. The number of hydrogen-bond donors (Lipinski definition) is 9. The Morgan fingerprint density at radius 3 is 1.53 bits per heavy atom. The van der Waals surface area contributed by atoms with Gasteiger partial charge in [-0.25, -0.2) is 4.79 Å². The lowest BCUT2D eigenvalue weighted by Gasteiger charge is -2.23. The first-order valence-electron chi connectivity index (χ1n) is 8.47. The van der Waals surface area contributed by atoms with Gasteiger partial charge in [0.2, 0.25) is 17.7 Å². The van der Waals surface area contributed by atoms with E-state index in [2.05, 4.69) is 35.9 Å². The number of rotatable bonds is 14. The summed E-state index contributed by atoms with van der Waals surface area (Å²) in [4.78, 5) is 68.8. The number of nitrogens with two attached hydrogens (primary N) is 1. The number of nitrogens with one attached hydrogen (secondary N) is 3. The Bertz CT molecular complexity index is 676. The van der Waals surface area contributed by atoms with Crippen molar-refractivity contribution >= 4 is 60.9 Å². The van der Waals surface area contributed by atoms with Crippen molar-refractivity contribution in [2.45, 2.75) is 43.4 Å². The Hall–Kier alpha value is -2.52. The van der Waals surface area contributed by atoms with E-state index >= 15 is 0 Å². The van der Waals surface area contributed by atoms with Crippen LogP contribution < -0.4 is 21.7 Å². The first-order valence-corrected chi connectivity index (χ1v) is 9.74. The van der Waals surface area contributed by atoms with Crippen LogP contribution in [0, 0.1) is 0 Å². The third-order valence-corrected chi connectivity index (χ3v) is 4.36. The largest absolute Gasteiger partial charge is 0.481 e. The van der Waals surface area contributed by atoms with Gasteiger partial charge in [-0.05, 0) is 6.42 Å². The second-order valence-corrected chi connectivity index (χ2v) is 6.75. The molecule has 8 N–H and O–H groups in total. The second-order valence-electron chi connectivity index (χ2n) is 6.02. The van der Waals surface area contributed by atoms with Crippen LogP contribution in [0.2, 0.25) is 0 Å². The fourth-order valence-corrected chi connectivity index (χ4v) is 2.51. The zero-order valence-electron chi connectivity index (χ0n) is 15.6. The number of carbonyl (C=O) groups is 6. The minimum Gasteiger partial charge on any atom is -0.481 e. The summed E-state index contributed by atoms with van der Waals surface area (Å²) in [6, 6.07) is -5.48. The zero-order chi connectivity index (χ0) is 23.4. The van der Waals surface area contributed by atoms with Crippen molar-refractivity contribution in [3.63, 3.8) is 0 Å². The average Bonchev–Trinajstić information content (AvgIpc) is 2.66. The third-order valence-electron chi connectivity index (χ3n) is 3.63. The topological polar surface area (TPSA) is 225 Å². The van der Waals surface area contributed by atoms with E-state index in [1.165, 1.54) is 0 Å². The van der Waals surface area contributed by atoms with Gasteiger partial charge in [-0.2, -0.15) is 25.3 Å². The molecule has 30 heavy (non-hydrogen) atoms. The third kappa shape index (κ3) is 10.3. The monoisotopic (exact) mass is 468 g/mol. The van der Waals surface area contributed by atoms with Gasteiger partial charge in [0.15, 0.2) is 0 Å². The number of carbonyl (C=O) groups excluding carboxylic acids is 3. The molecule has 0 rings (SSSR count). The van der Waals surface area contributed by atoms with Crippen molar-refractivity contribution in [2.75, 3.05) is 11.5 Å². The van der Waals surface area contributed by atoms with Crippen molar-refractivity contribution in [2.24, 2.45) is 5.73 Å². The molecule has 0 bridgehead atoms. The standard InChI is InChI=1S/C15H24N4O9S2/c16-6(1-2-10(20)21)12(24)18-8(4-29)14(26)19-9(5-30)13(25)17-7(15(27)28)3-11(22)23/h6-9,29-30H,1-5,16H2,(H,17,25)(H,18,24)(H,19,26)(H,20,21)(H,22,23)(H,27,28). The van der Waals surface area contributed by atoms with Gasteiger partial charge in [-0.1, -0.05) is 0 Å². The number of carboxylic acid groups (broad SMARTS) is 3. The van der Waals surface area contributed by atoms with E-state index in [9.17, 15) is 28.8 Å². The highest BCUT2D eigenvalue weighted by atomic mass is 32.1. The van der Waals surface area contributed by atoms with E-state index in [1.54, 1.807) is 0 Å². The summed E-state index contributed by atoms with van der Waals surface area (Å²) in [5.41, 5.74) is 5.56. The Kier molecular flexibility index (Phi) is 12.5. The highest BCUT2D eigenvalue weighted by Crippen LogP contribution is 2.00. The van der Waals surface area contributed by atoms with Gasteiger partial charge in [0.1, 0.15) is 18.1 Å². The maximum Gasteiger partial charge on any atom is 0.326 e. The summed E-state index contributed by atoms with van der Waals surface area (Å²) in [5, 5.41) is 32.8. The Balaban J connectivity index is 4.97. The van der Waals surface area contributed by atoms with Gasteiger partial charge in [0.25, 0.3) is 0 Å². The van der Waals surface area contributed by atoms with Crippen molar-refractivity contribution in [1.82, 2.24) is 16.0 Å². The van der Waals surface area contributed by atoms with E-state index < -0.39 is 66.2 Å². The molecule has 170 valence electrons. The number of hydrogen-bond acceptors (Lipinski definition) is 9. The lowest BCUT2D eigenvalue weighted by Crippen LogP contribution is -2.58. The molecule has 0 fully saturated rings. The van der Waals surface area contributed by atoms with E-state index in [0.717, 1.165) is 0 Å². The molecule has 4 atom stereocenters. The van der Waals surface area contributed by atoms with Crippen LogP contribution in [-0.2, 0) is 28.8 Å². The van der Waals surface area contributed by atoms with Crippen LogP contribution >= 0.6 is 25.3 Å². The molecule has 0 aliphatic rings. The van der Waals surface area contributed by atoms with Crippen LogP contribution in [-0.4, -0.2) is 86.6 Å². The molecule has 0 aliphatic carbocycles. The molecule has 0 heterocycles. The minimum absolute atomic E-state index is 0.163. The van der Waals surface area contributed by atoms with Crippen molar-refractivity contribution < 1.29 is 44.1 Å². The van der Waals surface area contributed by atoms with Crippen molar-refractivity contribution in [3.8, 4) is 0 Å². The lowest BCUT2D eigenvalue weighted by atomic mass is 10.1. The molecule has 0 aromatic carbocycles. The Morgan fingerprint density at radius 2 is 1.17 bits per heavy atom. The van der Waals surface area contributed by atoms with Gasteiger partial charge in [-0.15, -0.1) is 0 Å².